The minimum absolute atomic E-state index is 0.263. The van der Waals surface area contributed by atoms with Crippen molar-refractivity contribution in [3.05, 3.63) is 59.1 Å². The van der Waals surface area contributed by atoms with E-state index in [1.54, 1.807) is 14.2 Å². The Kier molecular flexibility index (Phi) is 6.80. The van der Waals surface area contributed by atoms with Crippen molar-refractivity contribution in [1.82, 2.24) is 4.90 Å². The second-order valence-electron chi connectivity index (χ2n) is 7.37. The summed E-state index contributed by atoms with van der Waals surface area (Å²) in [5.41, 5.74) is 3.01. The van der Waals surface area contributed by atoms with Crippen molar-refractivity contribution in [2.45, 2.75) is 24.3 Å². The van der Waals surface area contributed by atoms with E-state index in [1.807, 2.05) is 48.4 Å². The molecule has 2 aliphatic rings. The number of aliphatic imine (C=N–C) groups is 1. The van der Waals surface area contributed by atoms with Gasteiger partial charge in [0.1, 0.15) is 0 Å². The molecule has 8 heteroatoms. The lowest BCUT2D eigenvalue weighted by atomic mass is 10.1. The van der Waals surface area contributed by atoms with Gasteiger partial charge in [-0.3, -0.25) is 9.89 Å². The Morgan fingerprint density at radius 2 is 1.87 bits per heavy atom. The lowest BCUT2D eigenvalue weighted by Gasteiger charge is -2.24. The van der Waals surface area contributed by atoms with E-state index in [4.69, 9.17) is 21.7 Å². The van der Waals surface area contributed by atoms with E-state index in [-0.39, 0.29) is 5.37 Å². The normalized spacial score (nSPS) is 20.4. The molecule has 2 aromatic carbocycles. The van der Waals surface area contributed by atoms with Crippen LogP contribution in [0.15, 0.2) is 58.6 Å². The van der Waals surface area contributed by atoms with E-state index < -0.39 is 0 Å². The van der Waals surface area contributed by atoms with Gasteiger partial charge in [-0.25, -0.2) is 0 Å². The van der Waals surface area contributed by atoms with Crippen molar-refractivity contribution in [3.63, 3.8) is 0 Å². The van der Waals surface area contributed by atoms with Crippen LogP contribution in [0.25, 0.3) is 0 Å². The summed E-state index contributed by atoms with van der Waals surface area (Å²) in [6.07, 6.45) is 6.14. The molecular weight excluding hydrogens is 428 g/mol. The van der Waals surface area contributed by atoms with Crippen LogP contribution in [0.1, 0.15) is 23.8 Å². The quantitative estimate of drug-likeness (QED) is 0.597. The molecule has 2 aliphatic heterocycles. The zero-order valence-electron chi connectivity index (χ0n) is 17.8. The number of nitrogens with one attached hydrogen (secondary N) is 2. The van der Waals surface area contributed by atoms with E-state index in [1.165, 1.54) is 10.5 Å². The highest BCUT2D eigenvalue weighted by Crippen LogP contribution is 2.49. The van der Waals surface area contributed by atoms with Gasteiger partial charge in [-0.1, -0.05) is 12.1 Å². The molecule has 0 aliphatic carbocycles. The highest BCUT2D eigenvalue weighted by atomic mass is 32.2. The van der Waals surface area contributed by atoms with Gasteiger partial charge in [0.25, 0.3) is 0 Å². The third-order valence-corrected chi connectivity index (χ3v) is 7.07. The highest BCUT2D eigenvalue weighted by Gasteiger charge is 2.36. The maximum atomic E-state index is 5.52. The molecular formula is C23H26N4O2S2. The van der Waals surface area contributed by atoms with Crippen LogP contribution in [-0.2, 0) is 0 Å². The van der Waals surface area contributed by atoms with Crippen LogP contribution in [0.2, 0.25) is 0 Å². The van der Waals surface area contributed by atoms with E-state index in [9.17, 15) is 0 Å². The van der Waals surface area contributed by atoms with Crippen LogP contribution in [0.3, 0.4) is 0 Å². The summed E-state index contributed by atoms with van der Waals surface area (Å²) in [4.78, 5) is 8.18. The molecule has 1 saturated heterocycles. The van der Waals surface area contributed by atoms with Crippen LogP contribution in [0, 0.1) is 0 Å². The zero-order chi connectivity index (χ0) is 21.8. The van der Waals surface area contributed by atoms with Gasteiger partial charge in [-0.2, -0.15) is 0 Å². The maximum Gasteiger partial charge on any atom is 0.175 e. The number of fused-ring (bicyclic) bond motifs is 1. The van der Waals surface area contributed by atoms with Gasteiger partial charge in [0.05, 0.1) is 19.6 Å². The molecule has 1 fully saturated rings. The molecule has 162 valence electrons. The number of anilines is 2. The molecule has 0 saturated carbocycles. The molecule has 0 amide bonds. The number of rotatable bonds is 5. The Balaban J connectivity index is 1.45. The predicted molar refractivity (Wildman–Crippen MR) is 134 cm³/mol. The Hall–Kier alpha value is -2.55. The maximum absolute atomic E-state index is 5.52. The number of ether oxygens (including phenoxy) is 2. The molecule has 2 atom stereocenters. The number of thiocarbonyl (C=S) groups is 1. The third-order valence-electron chi connectivity index (χ3n) is 5.39. The fourth-order valence-electron chi connectivity index (χ4n) is 3.83. The molecule has 0 spiro atoms. The molecule has 31 heavy (non-hydrogen) atoms. The Morgan fingerprint density at radius 3 is 2.65 bits per heavy atom. The second-order valence-corrected chi connectivity index (χ2v) is 8.93. The van der Waals surface area contributed by atoms with Crippen LogP contribution in [-0.4, -0.2) is 43.5 Å². The largest absolute Gasteiger partial charge is 0.493 e. The standard InChI is InChI=1S/C23H26N4O2S2/c1-27-18-8-5-11-24-14-21(18)31-22(27)15-6-4-7-16(12-15)25-23(30)26-17-9-10-19(28-2)20(13-17)29-3/h4,6-7,9-14,18,22H,5,8H2,1-3H3,(H2,25,26,30). The molecule has 2 N–H and O–H groups in total. The molecule has 4 rings (SSSR count). The number of nitrogens with zero attached hydrogens (tertiary/aromatic N) is 2. The Bertz CT molecular complexity index is 1020. The first-order valence-electron chi connectivity index (χ1n) is 10.1. The van der Waals surface area contributed by atoms with Crippen LogP contribution < -0.4 is 20.1 Å². The summed E-state index contributed by atoms with van der Waals surface area (Å²) >= 11 is 7.40. The number of benzene rings is 2. The van der Waals surface area contributed by atoms with E-state index in [0.717, 1.165) is 24.2 Å². The van der Waals surface area contributed by atoms with Crippen LogP contribution >= 0.6 is 24.0 Å². The van der Waals surface area contributed by atoms with Gasteiger partial charge in [0, 0.05) is 40.8 Å². The molecule has 2 unspecified atom stereocenters. The SMILES string of the molecule is COc1ccc(NC(=S)Nc2cccc(C3SC4=CN=CCCC4N3C)c2)cc1OC. The Labute approximate surface area is 192 Å². The number of thioether (sulfide) groups is 1. The summed E-state index contributed by atoms with van der Waals surface area (Å²) in [5.74, 6) is 1.32. The smallest absolute Gasteiger partial charge is 0.175 e. The van der Waals surface area contributed by atoms with Crippen LogP contribution in [0.5, 0.6) is 11.5 Å². The lowest BCUT2D eigenvalue weighted by molar-refractivity contribution is 0.270. The lowest BCUT2D eigenvalue weighted by Crippen LogP contribution is -2.28. The third kappa shape index (κ3) is 4.87. The van der Waals surface area contributed by atoms with Crippen molar-refractivity contribution in [2.75, 3.05) is 31.9 Å². The topological polar surface area (TPSA) is 58.1 Å². The summed E-state index contributed by atoms with van der Waals surface area (Å²) in [6, 6.07) is 14.4. The average Bonchev–Trinajstić information content (AvgIpc) is 2.93. The fourth-order valence-corrected chi connectivity index (χ4v) is 5.48. The van der Waals surface area contributed by atoms with Crippen molar-refractivity contribution < 1.29 is 9.47 Å². The van der Waals surface area contributed by atoms with Gasteiger partial charge in [0.2, 0.25) is 0 Å². The average molecular weight is 455 g/mol. The van der Waals surface area contributed by atoms with E-state index >= 15 is 0 Å². The monoisotopic (exact) mass is 454 g/mol. The first kappa shape index (κ1) is 21.7. The van der Waals surface area contributed by atoms with E-state index in [0.29, 0.717) is 22.7 Å². The van der Waals surface area contributed by atoms with Gasteiger partial charge >= 0.3 is 0 Å². The fraction of sp³-hybridized carbons (Fsp3) is 0.304. The molecule has 0 bridgehead atoms. The number of hydrogen-bond donors (Lipinski definition) is 2. The minimum Gasteiger partial charge on any atom is -0.493 e. The Morgan fingerprint density at radius 1 is 1.10 bits per heavy atom. The summed E-state index contributed by atoms with van der Waals surface area (Å²) in [7, 11) is 5.42. The van der Waals surface area contributed by atoms with Crippen molar-refractivity contribution >= 4 is 46.7 Å². The van der Waals surface area contributed by atoms with Gasteiger partial charge < -0.3 is 20.1 Å². The van der Waals surface area contributed by atoms with Gasteiger partial charge in [-0.15, -0.1) is 11.8 Å². The molecule has 0 aromatic heterocycles. The molecule has 0 radical (unpaired) electrons. The number of likely N-dealkylation sites (N-methyl/N-ethyl adjacent to an activating group) is 1. The zero-order valence-corrected chi connectivity index (χ0v) is 19.4. The van der Waals surface area contributed by atoms with Crippen molar-refractivity contribution in [1.29, 1.82) is 0 Å². The summed E-state index contributed by atoms with van der Waals surface area (Å²) < 4.78 is 10.6. The first-order chi connectivity index (χ1) is 15.1. The van der Waals surface area contributed by atoms with Crippen LogP contribution in [0.4, 0.5) is 11.4 Å². The number of methoxy groups -OCH3 is 2. The minimum atomic E-state index is 0.263. The predicted octanol–water partition coefficient (Wildman–Crippen LogP) is 5.26. The molecule has 2 heterocycles. The second kappa shape index (κ2) is 9.72. The molecule has 2 aromatic rings. The summed E-state index contributed by atoms with van der Waals surface area (Å²) in [6.45, 7) is 0. The van der Waals surface area contributed by atoms with Crippen molar-refractivity contribution in [3.8, 4) is 11.5 Å². The number of hydrogen-bond acceptors (Lipinski definition) is 6. The molecule has 6 nitrogen and oxygen atoms in total. The first-order valence-corrected chi connectivity index (χ1v) is 11.4. The van der Waals surface area contributed by atoms with Gasteiger partial charge in [-0.05, 0) is 61.9 Å². The van der Waals surface area contributed by atoms with E-state index in [2.05, 4.69) is 45.8 Å². The van der Waals surface area contributed by atoms with Crippen molar-refractivity contribution in [2.24, 2.45) is 4.99 Å². The van der Waals surface area contributed by atoms with Gasteiger partial charge in [0.15, 0.2) is 16.6 Å². The summed E-state index contributed by atoms with van der Waals surface area (Å²) in [5, 5.41) is 7.27. The highest BCUT2D eigenvalue weighted by molar-refractivity contribution is 8.03.